The van der Waals surface area contributed by atoms with Crippen molar-refractivity contribution in [3.63, 3.8) is 0 Å². The minimum absolute atomic E-state index is 0.0923. The first kappa shape index (κ1) is 17.6. The summed E-state index contributed by atoms with van der Waals surface area (Å²) in [5.41, 5.74) is 2.22. The van der Waals surface area contributed by atoms with Crippen molar-refractivity contribution in [1.82, 2.24) is 9.55 Å². The Labute approximate surface area is 157 Å². The molecule has 0 spiro atoms. The number of hydrogen-bond acceptors (Lipinski definition) is 6. The zero-order valence-electron chi connectivity index (χ0n) is 15.1. The molecule has 28 heavy (non-hydrogen) atoms. The zero-order chi connectivity index (χ0) is 20.0. The molecule has 4 aromatic rings. The van der Waals surface area contributed by atoms with Gasteiger partial charge in [0.2, 0.25) is 0 Å². The SMILES string of the molecule is Cc1ccc2c(Cn3cnc4ccc([N+](=O)[O-])cc4c3=O)cc(=O)oc2c1C. The molecule has 2 aromatic heterocycles. The average molecular weight is 377 g/mol. The average Bonchev–Trinajstić information content (AvgIpc) is 2.67. The van der Waals surface area contributed by atoms with Crippen LogP contribution >= 0.6 is 0 Å². The molecule has 0 fully saturated rings. The van der Waals surface area contributed by atoms with Crippen LogP contribution in [-0.2, 0) is 6.54 Å². The summed E-state index contributed by atoms with van der Waals surface area (Å²) in [6.45, 7) is 3.88. The van der Waals surface area contributed by atoms with Gasteiger partial charge in [0.25, 0.3) is 11.2 Å². The number of rotatable bonds is 3. The quantitative estimate of drug-likeness (QED) is 0.308. The summed E-state index contributed by atoms with van der Waals surface area (Å²) in [5, 5.41) is 11.9. The van der Waals surface area contributed by atoms with Gasteiger partial charge in [-0.3, -0.25) is 19.5 Å². The van der Waals surface area contributed by atoms with Crippen LogP contribution in [0.1, 0.15) is 16.7 Å². The maximum Gasteiger partial charge on any atom is 0.336 e. The molecular formula is C20H15N3O5. The first-order chi connectivity index (χ1) is 13.3. The zero-order valence-corrected chi connectivity index (χ0v) is 15.1. The highest BCUT2D eigenvalue weighted by Gasteiger charge is 2.14. The number of non-ortho nitro benzene ring substituents is 1. The molecule has 8 nitrogen and oxygen atoms in total. The Kier molecular flexibility index (Phi) is 4.03. The molecular weight excluding hydrogens is 362 g/mol. The van der Waals surface area contributed by atoms with Gasteiger partial charge in [0.05, 0.1) is 28.7 Å². The lowest BCUT2D eigenvalue weighted by Crippen LogP contribution is -2.22. The van der Waals surface area contributed by atoms with Crippen LogP contribution in [0.2, 0.25) is 0 Å². The van der Waals surface area contributed by atoms with Crippen LogP contribution in [0.3, 0.4) is 0 Å². The highest BCUT2D eigenvalue weighted by Crippen LogP contribution is 2.24. The minimum Gasteiger partial charge on any atom is -0.422 e. The maximum absolute atomic E-state index is 12.8. The van der Waals surface area contributed by atoms with Crippen LogP contribution in [0, 0.1) is 24.0 Å². The molecule has 0 aliphatic carbocycles. The van der Waals surface area contributed by atoms with E-state index in [-0.39, 0.29) is 17.6 Å². The molecule has 0 N–H and O–H groups in total. The maximum atomic E-state index is 12.8. The number of aromatic nitrogens is 2. The van der Waals surface area contributed by atoms with Crippen molar-refractivity contribution in [2.45, 2.75) is 20.4 Å². The van der Waals surface area contributed by atoms with E-state index in [4.69, 9.17) is 4.42 Å². The topological polar surface area (TPSA) is 108 Å². The molecule has 140 valence electrons. The summed E-state index contributed by atoms with van der Waals surface area (Å²) < 4.78 is 6.69. The smallest absolute Gasteiger partial charge is 0.336 e. The molecule has 0 amide bonds. The van der Waals surface area contributed by atoms with Crippen LogP contribution in [0.5, 0.6) is 0 Å². The van der Waals surface area contributed by atoms with Crippen molar-refractivity contribution in [1.29, 1.82) is 0 Å². The number of nitro groups is 1. The van der Waals surface area contributed by atoms with Gasteiger partial charge in [0.15, 0.2) is 0 Å². The molecule has 0 atom stereocenters. The lowest BCUT2D eigenvalue weighted by atomic mass is 10.0. The van der Waals surface area contributed by atoms with E-state index in [9.17, 15) is 19.7 Å². The van der Waals surface area contributed by atoms with Gasteiger partial charge in [-0.2, -0.15) is 0 Å². The predicted octanol–water partition coefficient (Wildman–Crippen LogP) is 3.08. The Morgan fingerprint density at radius 3 is 2.64 bits per heavy atom. The molecule has 0 unspecified atom stereocenters. The van der Waals surface area contributed by atoms with E-state index in [1.54, 1.807) is 0 Å². The largest absolute Gasteiger partial charge is 0.422 e. The molecule has 0 aliphatic heterocycles. The van der Waals surface area contributed by atoms with Crippen LogP contribution in [0.15, 0.2) is 56.7 Å². The van der Waals surface area contributed by atoms with E-state index in [1.165, 1.54) is 35.2 Å². The Balaban J connectivity index is 1.90. The summed E-state index contributed by atoms with van der Waals surface area (Å²) in [6, 6.07) is 9.08. The van der Waals surface area contributed by atoms with Gasteiger partial charge in [-0.15, -0.1) is 0 Å². The molecule has 2 heterocycles. The van der Waals surface area contributed by atoms with Gasteiger partial charge in [-0.1, -0.05) is 12.1 Å². The Bertz CT molecular complexity index is 1380. The van der Waals surface area contributed by atoms with Gasteiger partial charge < -0.3 is 4.42 Å². The number of aryl methyl sites for hydroxylation is 2. The van der Waals surface area contributed by atoms with Crippen molar-refractivity contribution in [3.8, 4) is 0 Å². The highest BCUT2D eigenvalue weighted by atomic mass is 16.6. The first-order valence-electron chi connectivity index (χ1n) is 8.51. The molecule has 2 aromatic carbocycles. The van der Waals surface area contributed by atoms with Crippen LogP contribution in [0.25, 0.3) is 21.9 Å². The fraction of sp³-hybridized carbons (Fsp3) is 0.150. The van der Waals surface area contributed by atoms with E-state index < -0.39 is 16.1 Å². The van der Waals surface area contributed by atoms with Gasteiger partial charge in [0.1, 0.15) is 5.58 Å². The van der Waals surface area contributed by atoms with Crippen LogP contribution in [0.4, 0.5) is 5.69 Å². The summed E-state index contributed by atoms with van der Waals surface area (Å²) >= 11 is 0. The second-order valence-electron chi connectivity index (χ2n) is 6.61. The lowest BCUT2D eigenvalue weighted by Gasteiger charge is -2.11. The Morgan fingerprint density at radius 2 is 1.89 bits per heavy atom. The molecule has 0 aliphatic rings. The minimum atomic E-state index is -0.558. The number of hydrogen-bond donors (Lipinski definition) is 0. The summed E-state index contributed by atoms with van der Waals surface area (Å²) in [5.74, 6) is 0. The lowest BCUT2D eigenvalue weighted by molar-refractivity contribution is -0.384. The normalized spacial score (nSPS) is 11.2. The molecule has 0 saturated carbocycles. The van der Waals surface area contributed by atoms with Crippen molar-refractivity contribution in [3.05, 3.63) is 90.3 Å². The third-order valence-corrected chi connectivity index (χ3v) is 4.88. The number of benzene rings is 2. The van der Waals surface area contributed by atoms with Crippen molar-refractivity contribution >= 4 is 27.6 Å². The fourth-order valence-corrected chi connectivity index (χ4v) is 3.21. The van der Waals surface area contributed by atoms with Crippen LogP contribution in [-0.4, -0.2) is 14.5 Å². The third kappa shape index (κ3) is 2.84. The second kappa shape index (κ2) is 6.41. The predicted molar refractivity (Wildman–Crippen MR) is 104 cm³/mol. The Hall–Kier alpha value is -3.81. The van der Waals surface area contributed by atoms with E-state index in [1.807, 2.05) is 26.0 Å². The summed E-state index contributed by atoms with van der Waals surface area (Å²) in [4.78, 5) is 39.5. The van der Waals surface area contributed by atoms with Crippen LogP contribution < -0.4 is 11.2 Å². The van der Waals surface area contributed by atoms with E-state index in [0.717, 1.165) is 16.5 Å². The van der Waals surface area contributed by atoms with Gasteiger partial charge in [-0.05, 0) is 36.6 Å². The molecule has 4 rings (SSSR count). The molecule has 8 heteroatoms. The molecule has 0 saturated heterocycles. The standard InChI is InChI=1S/C20H15N3O5/c1-11-3-5-15-13(7-18(24)28-19(15)12(11)2)9-22-10-21-17-6-4-14(23(26)27)8-16(17)20(22)25/h3-8,10H,9H2,1-2H3. The number of nitro benzene ring substituents is 1. The van der Waals surface area contributed by atoms with Crippen molar-refractivity contribution in [2.24, 2.45) is 0 Å². The number of fused-ring (bicyclic) bond motifs is 2. The van der Waals surface area contributed by atoms with Gasteiger partial charge in [-0.25, -0.2) is 9.78 Å². The number of nitrogens with zero attached hydrogens (tertiary/aromatic N) is 3. The van der Waals surface area contributed by atoms with E-state index in [0.29, 0.717) is 16.7 Å². The molecule has 0 radical (unpaired) electrons. The molecule has 0 bridgehead atoms. The van der Waals surface area contributed by atoms with Crippen molar-refractivity contribution in [2.75, 3.05) is 0 Å². The second-order valence-corrected chi connectivity index (χ2v) is 6.61. The monoisotopic (exact) mass is 377 g/mol. The fourth-order valence-electron chi connectivity index (χ4n) is 3.21. The van der Waals surface area contributed by atoms with Gasteiger partial charge in [0, 0.05) is 23.6 Å². The van der Waals surface area contributed by atoms with Gasteiger partial charge >= 0.3 is 5.63 Å². The Morgan fingerprint density at radius 1 is 1.11 bits per heavy atom. The van der Waals surface area contributed by atoms with E-state index >= 15 is 0 Å². The first-order valence-corrected chi connectivity index (χ1v) is 8.51. The third-order valence-electron chi connectivity index (χ3n) is 4.88. The van der Waals surface area contributed by atoms with Crippen molar-refractivity contribution < 1.29 is 9.34 Å². The highest BCUT2D eigenvalue weighted by molar-refractivity contribution is 5.84. The summed E-state index contributed by atoms with van der Waals surface area (Å²) in [6.07, 6.45) is 1.37. The van der Waals surface area contributed by atoms with E-state index in [2.05, 4.69) is 4.98 Å². The summed E-state index contributed by atoms with van der Waals surface area (Å²) in [7, 11) is 0.